The van der Waals surface area contributed by atoms with Gasteiger partial charge in [0, 0.05) is 42.2 Å². The van der Waals surface area contributed by atoms with Crippen LogP contribution in [0.25, 0.3) is 0 Å². The predicted molar refractivity (Wildman–Crippen MR) is 125 cm³/mol. The maximum Gasteiger partial charge on any atom is 0.271 e. The van der Waals surface area contributed by atoms with Gasteiger partial charge in [-0.3, -0.25) is 19.8 Å². The van der Waals surface area contributed by atoms with Crippen molar-refractivity contribution in [1.82, 2.24) is 15.2 Å². The molecule has 7 nitrogen and oxygen atoms in total. The van der Waals surface area contributed by atoms with Gasteiger partial charge in [0.25, 0.3) is 11.8 Å². The summed E-state index contributed by atoms with van der Waals surface area (Å²) >= 11 is 6.85. The maximum absolute atomic E-state index is 13.3. The molecule has 0 unspecified atom stereocenters. The first kappa shape index (κ1) is 23.2. The zero-order valence-corrected chi connectivity index (χ0v) is 19.1. The number of hydrogen-bond acceptors (Lipinski definition) is 6. The summed E-state index contributed by atoms with van der Waals surface area (Å²) in [5.74, 6) is -1.10. The Kier molecular flexibility index (Phi) is 7.22. The molecule has 0 saturated carbocycles. The highest BCUT2D eigenvalue weighted by molar-refractivity contribution is 7.14. The van der Waals surface area contributed by atoms with Gasteiger partial charge in [-0.05, 0) is 37.1 Å². The number of amides is 2. The number of thiazole rings is 1. The third-order valence-electron chi connectivity index (χ3n) is 5.45. The molecule has 3 aromatic rings. The highest BCUT2D eigenvalue weighted by Gasteiger charge is 2.23. The number of piperidine rings is 1. The Balaban J connectivity index is 1.27. The number of benzene rings is 2. The van der Waals surface area contributed by atoms with Crippen LogP contribution in [0.15, 0.2) is 47.8 Å². The average Bonchev–Trinajstić information content (AvgIpc) is 3.27. The molecule has 172 valence electrons. The summed E-state index contributed by atoms with van der Waals surface area (Å²) in [6, 6.07) is 11.0. The molecule has 1 fully saturated rings. The lowest BCUT2D eigenvalue weighted by atomic mass is 10.0. The van der Waals surface area contributed by atoms with Crippen LogP contribution in [0.3, 0.4) is 0 Å². The molecular formula is C23H22ClFN4O3S. The SMILES string of the molecule is O=C(Nc1nc(C(=O)NC2CCN(Cc3ccccc3O)CC2)cs1)c1ccc(F)c(Cl)c1. The standard InChI is InChI=1S/C23H22ClFN4O3S/c24-17-11-14(5-6-18(17)25)21(31)28-23-27-19(13-33-23)22(32)26-16-7-9-29(10-8-16)12-15-3-1-2-4-20(15)30/h1-6,11,13,16,30H,7-10,12H2,(H,26,32)(H,27,28,31). The van der Waals surface area contributed by atoms with Crippen molar-refractivity contribution in [2.45, 2.75) is 25.4 Å². The lowest BCUT2D eigenvalue weighted by molar-refractivity contribution is 0.0903. The van der Waals surface area contributed by atoms with Gasteiger partial charge in [0.2, 0.25) is 0 Å². The second-order valence-electron chi connectivity index (χ2n) is 7.77. The fraction of sp³-hybridized carbons (Fsp3) is 0.261. The normalized spacial score (nSPS) is 14.7. The Hall–Kier alpha value is -3.01. The van der Waals surface area contributed by atoms with Gasteiger partial charge in [0.15, 0.2) is 5.13 Å². The minimum absolute atomic E-state index is 0.0271. The lowest BCUT2D eigenvalue weighted by Crippen LogP contribution is -2.44. The van der Waals surface area contributed by atoms with Crippen molar-refractivity contribution in [3.05, 3.63) is 75.5 Å². The molecule has 0 radical (unpaired) electrons. The van der Waals surface area contributed by atoms with Crippen molar-refractivity contribution in [2.75, 3.05) is 18.4 Å². The summed E-state index contributed by atoms with van der Waals surface area (Å²) in [7, 11) is 0. The number of aromatic nitrogens is 1. The molecule has 1 aromatic heterocycles. The van der Waals surface area contributed by atoms with E-state index in [9.17, 15) is 19.1 Å². The molecule has 10 heteroatoms. The molecule has 0 atom stereocenters. The fourth-order valence-corrected chi connectivity index (χ4v) is 4.49. The molecule has 1 saturated heterocycles. The molecule has 1 aliphatic rings. The van der Waals surface area contributed by atoms with Crippen molar-refractivity contribution >= 4 is 39.9 Å². The Bertz CT molecular complexity index is 1160. The molecule has 0 spiro atoms. The quantitative estimate of drug-likeness (QED) is 0.481. The topological polar surface area (TPSA) is 94.6 Å². The molecule has 2 aromatic carbocycles. The molecule has 3 N–H and O–H groups in total. The van der Waals surface area contributed by atoms with E-state index in [1.165, 1.54) is 12.1 Å². The molecule has 0 bridgehead atoms. The Morgan fingerprint density at radius 3 is 2.67 bits per heavy atom. The van der Waals surface area contributed by atoms with Crippen LogP contribution in [-0.4, -0.2) is 45.9 Å². The minimum Gasteiger partial charge on any atom is -0.508 e. The maximum atomic E-state index is 13.3. The van der Waals surface area contributed by atoms with E-state index in [1.54, 1.807) is 17.5 Å². The molecule has 2 amide bonds. The van der Waals surface area contributed by atoms with Gasteiger partial charge in [0.05, 0.1) is 5.02 Å². The molecular weight excluding hydrogens is 467 g/mol. The van der Waals surface area contributed by atoms with Crippen LogP contribution < -0.4 is 10.6 Å². The number of aromatic hydroxyl groups is 1. The molecule has 1 aliphatic heterocycles. The summed E-state index contributed by atoms with van der Waals surface area (Å²) < 4.78 is 13.3. The number of carbonyl (C=O) groups is 2. The van der Waals surface area contributed by atoms with Gasteiger partial charge in [-0.1, -0.05) is 29.8 Å². The van der Waals surface area contributed by atoms with Crippen LogP contribution in [-0.2, 0) is 6.54 Å². The Morgan fingerprint density at radius 2 is 1.94 bits per heavy atom. The summed E-state index contributed by atoms with van der Waals surface area (Å²) in [5.41, 5.74) is 1.31. The molecule has 33 heavy (non-hydrogen) atoms. The van der Waals surface area contributed by atoms with Crippen LogP contribution in [0.5, 0.6) is 5.75 Å². The van der Waals surface area contributed by atoms with E-state index < -0.39 is 11.7 Å². The Morgan fingerprint density at radius 1 is 1.18 bits per heavy atom. The largest absolute Gasteiger partial charge is 0.508 e. The van der Waals surface area contributed by atoms with Crippen molar-refractivity contribution in [3.8, 4) is 5.75 Å². The van der Waals surface area contributed by atoms with E-state index in [0.29, 0.717) is 12.3 Å². The second kappa shape index (κ2) is 10.3. The van der Waals surface area contributed by atoms with Gasteiger partial charge in [0.1, 0.15) is 17.3 Å². The first-order valence-electron chi connectivity index (χ1n) is 10.4. The van der Waals surface area contributed by atoms with Gasteiger partial charge < -0.3 is 10.4 Å². The van der Waals surface area contributed by atoms with Crippen LogP contribution in [0.1, 0.15) is 39.3 Å². The number of likely N-dealkylation sites (tertiary alicyclic amines) is 1. The van der Waals surface area contributed by atoms with Crippen molar-refractivity contribution in [2.24, 2.45) is 0 Å². The number of anilines is 1. The number of carbonyl (C=O) groups excluding carboxylic acids is 2. The smallest absolute Gasteiger partial charge is 0.271 e. The van der Waals surface area contributed by atoms with Gasteiger partial charge in [-0.15, -0.1) is 11.3 Å². The van der Waals surface area contributed by atoms with Crippen molar-refractivity contribution < 1.29 is 19.1 Å². The average molecular weight is 489 g/mol. The van der Waals surface area contributed by atoms with E-state index in [1.807, 2.05) is 12.1 Å². The van der Waals surface area contributed by atoms with Crippen molar-refractivity contribution in [1.29, 1.82) is 0 Å². The van der Waals surface area contributed by atoms with Gasteiger partial charge in [-0.25, -0.2) is 9.37 Å². The summed E-state index contributed by atoms with van der Waals surface area (Å²) in [5, 5.41) is 17.2. The van der Waals surface area contributed by atoms with Crippen LogP contribution in [0.2, 0.25) is 5.02 Å². The summed E-state index contributed by atoms with van der Waals surface area (Å²) in [6.07, 6.45) is 1.58. The summed E-state index contributed by atoms with van der Waals surface area (Å²) in [4.78, 5) is 31.3. The fourth-order valence-electron chi connectivity index (χ4n) is 3.62. The molecule has 2 heterocycles. The third-order valence-corrected chi connectivity index (χ3v) is 6.49. The number of phenols is 1. The predicted octanol–water partition coefficient (Wildman–Crippen LogP) is 4.29. The van der Waals surface area contributed by atoms with E-state index in [4.69, 9.17) is 11.6 Å². The number of para-hydroxylation sites is 1. The highest BCUT2D eigenvalue weighted by Crippen LogP contribution is 2.22. The van der Waals surface area contributed by atoms with Crippen molar-refractivity contribution in [3.63, 3.8) is 0 Å². The van der Waals surface area contributed by atoms with E-state index in [0.717, 1.165) is 48.9 Å². The van der Waals surface area contributed by atoms with Crippen LogP contribution in [0.4, 0.5) is 9.52 Å². The number of phenolic OH excluding ortho intramolecular Hbond substituents is 1. The van der Waals surface area contributed by atoms with Crippen LogP contribution in [0, 0.1) is 5.82 Å². The number of nitrogens with one attached hydrogen (secondary N) is 2. The van der Waals surface area contributed by atoms with E-state index in [-0.39, 0.29) is 33.4 Å². The highest BCUT2D eigenvalue weighted by atomic mass is 35.5. The lowest BCUT2D eigenvalue weighted by Gasteiger charge is -2.32. The van der Waals surface area contributed by atoms with Gasteiger partial charge in [-0.2, -0.15) is 0 Å². The third kappa shape index (κ3) is 5.87. The second-order valence-corrected chi connectivity index (χ2v) is 9.04. The number of nitrogens with zero attached hydrogens (tertiary/aromatic N) is 2. The van der Waals surface area contributed by atoms with Gasteiger partial charge >= 0.3 is 0 Å². The minimum atomic E-state index is -0.606. The first-order chi connectivity index (χ1) is 15.9. The van der Waals surface area contributed by atoms with E-state index >= 15 is 0 Å². The molecule has 4 rings (SSSR count). The zero-order chi connectivity index (χ0) is 23.4. The first-order valence-corrected chi connectivity index (χ1v) is 11.7. The van der Waals surface area contributed by atoms with Crippen LogP contribution >= 0.6 is 22.9 Å². The van der Waals surface area contributed by atoms with E-state index in [2.05, 4.69) is 20.5 Å². The number of hydrogen-bond donors (Lipinski definition) is 3. The number of rotatable bonds is 6. The summed E-state index contributed by atoms with van der Waals surface area (Å²) in [6.45, 7) is 2.28. The molecule has 0 aliphatic carbocycles. The monoisotopic (exact) mass is 488 g/mol. The zero-order valence-electron chi connectivity index (χ0n) is 17.6. The Labute approximate surface area is 199 Å². The number of halogens is 2.